The van der Waals surface area contributed by atoms with E-state index in [9.17, 15) is 0 Å². The topological polar surface area (TPSA) is 87.6 Å². The van der Waals surface area contributed by atoms with Crippen LogP contribution in [0.3, 0.4) is 0 Å². The maximum absolute atomic E-state index is 6.68. The Bertz CT molecular complexity index is 3090. The average Bonchev–Trinajstić information content (AvgIpc) is 3.89. The average molecular weight is 839 g/mol. The number of rotatable bonds is 9. The number of aromatic nitrogens is 8. The first-order valence-electron chi connectivity index (χ1n) is 21.3. The lowest BCUT2D eigenvalue weighted by atomic mass is 9.86. The number of pyridine rings is 4. The molecule has 0 unspecified atom stereocenters. The zero-order chi connectivity index (χ0) is 44.0. The van der Waals surface area contributed by atoms with Gasteiger partial charge >= 0.3 is 0 Å². The van der Waals surface area contributed by atoms with Gasteiger partial charge in [0, 0.05) is 49.3 Å². The number of ether oxygens (including phenoxy) is 2. The number of imidazole rings is 2. The number of para-hydroxylation sites is 4. The van der Waals surface area contributed by atoms with Crippen molar-refractivity contribution in [3.63, 3.8) is 0 Å². The van der Waals surface area contributed by atoms with Crippen LogP contribution in [0, 0.1) is 12.7 Å². The minimum atomic E-state index is -0.158. The van der Waals surface area contributed by atoms with Gasteiger partial charge in [0.1, 0.15) is 23.0 Å². The van der Waals surface area contributed by atoms with Crippen molar-refractivity contribution < 1.29 is 18.6 Å². The molecule has 0 aliphatic heterocycles. The third-order valence-electron chi connectivity index (χ3n) is 11.2. The summed E-state index contributed by atoms with van der Waals surface area (Å²) in [5, 5.41) is 0. The lowest BCUT2D eigenvalue weighted by Gasteiger charge is -2.22. The molecule has 0 fully saturated rings. The van der Waals surface area contributed by atoms with Crippen LogP contribution in [-0.2, 0) is 10.8 Å². The van der Waals surface area contributed by atoms with Crippen LogP contribution in [0.25, 0.3) is 56.2 Å². The summed E-state index contributed by atoms with van der Waals surface area (Å²) >= 11 is 0. The Morgan fingerprint density at radius 3 is 1.25 bits per heavy atom. The lowest BCUT2D eigenvalue weighted by molar-refractivity contribution is -0.572. The van der Waals surface area contributed by atoms with Crippen LogP contribution >= 0.6 is 0 Å². The quantitative estimate of drug-likeness (QED) is 0.106. The lowest BCUT2D eigenvalue weighted by Crippen LogP contribution is -2.30. The molecule has 10 rings (SSSR count). The summed E-state index contributed by atoms with van der Waals surface area (Å²) in [7, 11) is 0. The molecule has 10 nitrogen and oxygen atoms in total. The van der Waals surface area contributed by atoms with E-state index in [2.05, 4.69) is 143 Å². The SMILES string of the molecule is CC(C)(C)c1cc(Oc2ccnc(-c3cc(Oc4cc(-[n+]5[c-]n(-c6ccncc6)c6ccccc65)cc(C(C)(C)C)c4)ccn3)c2)cc(-[n+]2[c-]n(-c3ccncc3)c3ccccc32)c1. The van der Waals surface area contributed by atoms with Gasteiger partial charge in [-0.2, -0.15) is 0 Å². The van der Waals surface area contributed by atoms with Crippen LogP contribution in [0.1, 0.15) is 52.7 Å². The number of hydrogen-bond acceptors (Lipinski definition) is 6. The summed E-state index contributed by atoms with van der Waals surface area (Å²) in [6, 6.07) is 44.8. The summed E-state index contributed by atoms with van der Waals surface area (Å²) < 4.78 is 21.6. The van der Waals surface area contributed by atoms with E-state index < -0.39 is 0 Å². The van der Waals surface area contributed by atoms with Crippen molar-refractivity contribution in [3.8, 4) is 57.1 Å². The monoisotopic (exact) mass is 838 g/mol. The van der Waals surface area contributed by atoms with Crippen molar-refractivity contribution >= 4 is 22.1 Å². The normalized spacial score (nSPS) is 11.9. The van der Waals surface area contributed by atoms with Crippen LogP contribution < -0.4 is 18.6 Å². The van der Waals surface area contributed by atoms with Gasteiger partial charge in [-0.15, -0.1) is 0 Å². The zero-order valence-electron chi connectivity index (χ0n) is 36.6. The summed E-state index contributed by atoms with van der Waals surface area (Å²) in [6.07, 6.45) is 17.9. The maximum Gasteiger partial charge on any atom is 0.269 e. The molecule has 6 heterocycles. The predicted molar refractivity (Wildman–Crippen MR) is 248 cm³/mol. The predicted octanol–water partition coefficient (Wildman–Crippen LogP) is 11.2. The molecule has 0 amide bonds. The van der Waals surface area contributed by atoms with E-state index in [0.717, 1.165) is 55.9 Å². The van der Waals surface area contributed by atoms with E-state index in [1.54, 1.807) is 37.2 Å². The largest absolute Gasteiger partial charge is 0.458 e. The molecule has 10 aromatic rings. The summed E-state index contributed by atoms with van der Waals surface area (Å²) in [6.45, 7) is 13.2. The van der Waals surface area contributed by atoms with Crippen LogP contribution in [0.15, 0.2) is 171 Å². The molecule has 0 N–H and O–H groups in total. The molecule has 0 spiro atoms. The fraction of sp³-hybridized carbons (Fsp3) is 0.148. The summed E-state index contributed by atoms with van der Waals surface area (Å²) in [5.41, 5.74) is 11.1. The molecule has 0 saturated carbocycles. The molecule has 0 aliphatic carbocycles. The van der Waals surface area contributed by atoms with Crippen LogP contribution in [-0.4, -0.2) is 29.1 Å². The van der Waals surface area contributed by atoms with Gasteiger partial charge < -0.3 is 9.47 Å². The summed E-state index contributed by atoms with van der Waals surface area (Å²) in [5.74, 6) is 2.65. The van der Waals surface area contributed by atoms with Crippen LogP contribution in [0.4, 0.5) is 0 Å². The fourth-order valence-corrected chi connectivity index (χ4v) is 7.78. The molecule has 6 aromatic heterocycles. The van der Waals surface area contributed by atoms with E-state index in [4.69, 9.17) is 19.4 Å². The molecule has 10 heteroatoms. The molecular weight excluding hydrogens is 793 g/mol. The number of hydrogen-bond donors (Lipinski definition) is 0. The maximum atomic E-state index is 6.68. The Morgan fingerprint density at radius 2 is 0.844 bits per heavy atom. The molecule has 0 atom stereocenters. The van der Waals surface area contributed by atoms with Crippen molar-refractivity contribution in [2.24, 2.45) is 0 Å². The highest BCUT2D eigenvalue weighted by Gasteiger charge is 2.21. The Balaban J connectivity index is 0.969. The van der Waals surface area contributed by atoms with E-state index >= 15 is 0 Å². The van der Waals surface area contributed by atoms with Crippen LogP contribution in [0.5, 0.6) is 23.0 Å². The molecule has 0 radical (unpaired) electrons. The first kappa shape index (κ1) is 40.1. The molecule has 314 valence electrons. The Hall–Kier alpha value is -7.98. The fourth-order valence-electron chi connectivity index (χ4n) is 7.78. The van der Waals surface area contributed by atoms with E-state index in [0.29, 0.717) is 34.4 Å². The number of benzene rings is 4. The van der Waals surface area contributed by atoms with Gasteiger partial charge in [-0.1, -0.05) is 90.1 Å². The van der Waals surface area contributed by atoms with E-state index in [1.165, 1.54) is 0 Å². The van der Waals surface area contributed by atoms with Gasteiger partial charge in [0.25, 0.3) is 12.7 Å². The second-order valence-electron chi connectivity index (χ2n) is 17.8. The molecule has 64 heavy (non-hydrogen) atoms. The van der Waals surface area contributed by atoms with Gasteiger partial charge in [0.15, 0.2) is 0 Å². The highest BCUT2D eigenvalue weighted by molar-refractivity contribution is 5.75. The molecule has 0 saturated heterocycles. The highest BCUT2D eigenvalue weighted by Crippen LogP contribution is 2.35. The smallest absolute Gasteiger partial charge is 0.269 e. The second kappa shape index (κ2) is 16.0. The van der Waals surface area contributed by atoms with Crippen molar-refractivity contribution in [1.29, 1.82) is 0 Å². The van der Waals surface area contributed by atoms with Crippen molar-refractivity contribution in [2.75, 3.05) is 0 Å². The minimum absolute atomic E-state index is 0.158. The van der Waals surface area contributed by atoms with E-state index in [1.807, 2.05) is 72.8 Å². The third-order valence-corrected chi connectivity index (χ3v) is 11.2. The third kappa shape index (κ3) is 7.97. The Kier molecular flexibility index (Phi) is 10.1. The Morgan fingerprint density at radius 1 is 0.438 bits per heavy atom. The van der Waals surface area contributed by atoms with Gasteiger partial charge in [-0.3, -0.25) is 38.2 Å². The van der Waals surface area contributed by atoms with E-state index in [-0.39, 0.29) is 10.8 Å². The van der Waals surface area contributed by atoms with Crippen molar-refractivity contribution in [2.45, 2.75) is 52.4 Å². The first-order valence-corrected chi connectivity index (χ1v) is 21.3. The molecule has 0 bridgehead atoms. The van der Waals surface area contributed by atoms with Crippen molar-refractivity contribution in [3.05, 3.63) is 194 Å². The molecule has 4 aromatic carbocycles. The second-order valence-corrected chi connectivity index (χ2v) is 17.8. The van der Waals surface area contributed by atoms with Crippen molar-refractivity contribution in [1.82, 2.24) is 29.1 Å². The van der Waals surface area contributed by atoms with Gasteiger partial charge in [-0.25, -0.2) is 0 Å². The van der Waals surface area contributed by atoms with Gasteiger partial charge in [0.2, 0.25) is 0 Å². The number of nitrogens with zero attached hydrogens (tertiary/aromatic N) is 8. The van der Waals surface area contributed by atoms with Gasteiger partial charge in [0.05, 0.1) is 56.2 Å². The molecule has 0 aliphatic rings. The van der Waals surface area contributed by atoms with Gasteiger partial charge in [-0.05, 0) is 94.8 Å². The number of fused-ring (bicyclic) bond motifs is 2. The summed E-state index contributed by atoms with van der Waals surface area (Å²) in [4.78, 5) is 17.9. The minimum Gasteiger partial charge on any atom is -0.458 e. The highest BCUT2D eigenvalue weighted by atomic mass is 16.5. The first-order chi connectivity index (χ1) is 30.9. The Labute approximate surface area is 372 Å². The standard InChI is InChI=1S/C54H46N8O2/c1-53(2,3)37-27-41(61-35-59(39-15-21-55-22-16-39)49-11-7-9-13-51(49)61)31-45(29-37)63-43-19-25-57-47(33-43)48-34-44(20-26-58-48)64-46-30-38(54(4,5)6)28-42(32-46)62-36-60(40-17-23-56-24-18-40)50-12-8-10-14-52(50)62/h7-34H,1-6H3. The molecular formula is C54H46N8O2. The van der Waals surface area contributed by atoms with Crippen LogP contribution in [0.2, 0.25) is 0 Å². The zero-order valence-corrected chi connectivity index (χ0v) is 36.6.